The van der Waals surface area contributed by atoms with Crippen molar-refractivity contribution < 1.29 is 38.6 Å². The van der Waals surface area contributed by atoms with E-state index in [1.807, 2.05) is 53.9 Å². The summed E-state index contributed by atoms with van der Waals surface area (Å²) >= 11 is 1.15. The molecule has 58 heavy (non-hydrogen) atoms. The van der Waals surface area contributed by atoms with Crippen LogP contribution in [0.2, 0.25) is 0 Å². The number of nitrogens with zero attached hydrogens (tertiary/aromatic N) is 3. The van der Waals surface area contributed by atoms with Gasteiger partial charge < -0.3 is 40.9 Å². The average Bonchev–Trinajstić information content (AvgIpc) is 3.67. The zero-order valence-electron chi connectivity index (χ0n) is 36.2. The van der Waals surface area contributed by atoms with E-state index >= 15 is 0 Å². The minimum atomic E-state index is -0.993. The van der Waals surface area contributed by atoms with Gasteiger partial charge in [0.1, 0.15) is 16.7 Å². The van der Waals surface area contributed by atoms with E-state index in [0.29, 0.717) is 36.4 Å². The highest BCUT2D eigenvalue weighted by atomic mass is 32.1. The van der Waals surface area contributed by atoms with E-state index < -0.39 is 48.0 Å². The third kappa shape index (κ3) is 16.5. The van der Waals surface area contributed by atoms with Gasteiger partial charge in [-0.05, 0) is 89.8 Å². The number of unbranched alkanes of at least 4 members (excludes halogenated alkanes) is 1. The predicted molar refractivity (Wildman–Crippen MR) is 226 cm³/mol. The SMILES string of the molecule is CC[C@H](C)[C@H](NC(=O)CCCCN(C)C)C(=O)N(C)C(C[C@@H](OC(C)=O)c1nc(C(=O)N[C@@H](Cc2ccc(NC(=O)[C@H](C)NC)cc2)C[C@H](C)C(=O)O)cs1)C(C)C. The second-order valence-electron chi connectivity index (χ2n) is 15.9. The van der Waals surface area contributed by atoms with Crippen LogP contribution in [-0.2, 0) is 35.1 Å². The Morgan fingerprint density at radius 3 is 2.14 bits per heavy atom. The lowest BCUT2D eigenvalue weighted by Gasteiger charge is -2.37. The number of hydrogen-bond acceptors (Lipinski definition) is 11. The first kappa shape index (κ1) is 49.7. The van der Waals surface area contributed by atoms with Crippen LogP contribution in [0.25, 0.3) is 0 Å². The van der Waals surface area contributed by atoms with E-state index in [2.05, 4.69) is 31.2 Å². The first-order valence-corrected chi connectivity index (χ1v) is 21.1. The van der Waals surface area contributed by atoms with Gasteiger partial charge in [-0.2, -0.15) is 0 Å². The Morgan fingerprint density at radius 1 is 0.931 bits per heavy atom. The monoisotopic (exact) mass is 829 g/mol. The molecule has 1 aromatic carbocycles. The molecular weight excluding hydrogens is 763 g/mol. The van der Waals surface area contributed by atoms with Gasteiger partial charge in [0, 0.05) is 50.0 Å². The summed E-state index contributed by atoms with van der Waals surface area (Å²) in [5, 5.41) is 23.3. The average molecular weight is 830 g/mol. The van der Waals surface area contributed by atoms with E-state index in [4.69, 9.17) is 4.74 Å². The van der Waals surface area contributed by atoms with E-state index in [-0.39, 0.29) is 54.1 Å². The number of rotatable bonds is 25. The molecule has 1 aromatic heterocycles. The number of carbonyl (C=O) groups excluding carboxylic acids is 5. The van der Waals surface area contributed by atoms with Crippen LogP contribution in [0.3, 0.4) is 0 Å². The number of carboxylic acids is 1. The standard InChI is InChI=1S/C42H67N7O8S/c1-12-26(4)37(47-36(51)15-13-14-20-48(9)10)41(54)49(11)34(25(2)3)23-35(57-29(7)50)40-46-33(24-58-40)39(53)45-32(21-27(5)42(55)56)22-30-16-18-31(19-17-30)44-38(52)28(6)43-8/h16-19,24-28,32,34-35,37,43H,12-15,20-23H2,1-11H3,(H,44,52)(H,45,53)(H,47,51)(H,55,56)/t26-,27-,28-,32+,34?,35+,37-/m0/s1. The molecule has 16 heteroatoms. The number of carbonyl (C=O) groups is 6. The predicted octanol–water partition coefficient (Wildman–Crippen LogP) is 4.88. The Hall–Kier alpha value is -4.41. The first-order chi connectivity index (χ1) is 27.3. The van der Waals surface area contributed by atoms with Crippen LogP contribution in [0.4, 0.5) is 5.69 Å². The van der Waals surface area contributed by atoms with Crippen molar-refractivity contribution in [3.05, 3.63) is 45.9 Å². The molecule has 4 amide bonds. The van der Waals surface area contributed by atoms with Crippen LogP contribution >= 0.6 is 11.3 Å². The molecule has 324 valence electrons. The van der Waals surface area contributed by atoms with Crippen LogP contribution in [0.1, 0.15) is 114 Å². The van der Waals surface area contributed by atoms with E-state index in [0.717, 1.165) is 29.9 Å². The van der Waals surface area contributed by atoms with Crippen LogP contribution in [0.5, 0.6) is 0 Å². The Kier molecular flexibility index (Phi) is 21.0. The van der Waals surface area contributed by atoms with Crippen LogP contribution < -0.4 is 21.3 Å². The first-order valence-electron chi connectivity index (χ1n) is 20.2. The normalized spacial score (nSPS) is 15.1. The number of nitrogens with one attached hydrogen (secondary N) is 4. The Balaban J connectivity index is 2.28. The van der Waals surface area contributed by atoms with Gasteiger partial charge in [0.2, 0.25) is 17.7 Å². The molecule has 0 aliphatic heterocycles. The lowest BCUT2D eigenvalue weighted by molar-refractivity contribution is -0.149. The smallest absolute Gasteiger partial charge is 0.306 e. The van der Waals surface area contributed by atoms with Crippen molar-refractivity contribution in [2.24, 2.45) is 17.8 Å². The zero-order valence-corrected chi connectivity index (χ0v) is 37.0. The summed E-state index contributed by atoms with van der Waals surface area (Å²) in [6.45, 7) is 13.3. The molecule has 0 spiro atoms. The Bertz CT molecular complexity index is 1650. The summed E-state index contributed by atoms with van der Waals surface area (Å²) in [6, 6.07) is 5.03. The summed E-state index contributed by atoms with van der Waals surface area (Å²) in [6.07, 6.45) is 2.37. The fourth-order valence-electron chi connectivity index (χ4n) is 6.43. The Labute approximate surface area is 348 Å². The van der Waals surface area contributed by atoms with Crippen molar-refractivity contribution in [2.45, 2.75) is 124 Å². The zero-order chi connectivity index (χ0) is 43.7. The van der Waals surface area contributed by atoms with Crippen molar-refractivity contribution in [3.63, 3.8) is 0 Å². The number of esters is 1. The van der Waals surface area contributed by atoms with Gasteiger partial charge in [0.25, 0.3) is 5.91 Å². The number of benzene rings is 1. The molecule has 2 aromatic rings. The second-order valence-corrected chi connectivity index (χ2v) is 16.8. The largest absolute Gasteiger partial charge is 0.481 e. The second kappa shape index (κ2) is 24.5. The number of carboxylic acid groups (broad SMARTS) is 1. The molecule has 0 aliphatic carbocycles. The molecule has 15 nitrogen and oxygen atoms in total. The van der Waals surface area contributed by atoms with Gasteiger partial charge >= 0.3 is 11.9 Å². The van der Waals surface area contributed by atoms with Crippen LogP contribution in [0.15, 0.2) is 29.6 Å². The summed E-state index contributed by atoms with van der Waals surface area (Å²) in [5.41, 5.74) is 1.51. The molecule has 5 N–H and O–H groups in total. The topological polar surface area (TPSA) is 199 Å². The van der Waals surface area contributed by atoms with Gasteiger partial charge in [-0.25, -0.2) is 4.98 Å². The maximum absolute atomic E-state index is 14.1. The quantitative estimate of drug-likeness (QED) is 0.0675. The molecule has 0 fully saturated rings. The van der Waals surface area contributed by atoms with E-state index in [1.54, 1.807) is 50.4 Å². The molecule has 1 heterocycles. The molecular formula is C42H67N7O8S. The molecule has 0 saturated carbocycles. The minimum absolute atomic E-state index is 0.0757. The van der Waals surface area contributed by atoms with Crippen molar-refractivity contribution in [3.8, 4) is 0 Å². The lowest BCUT2D eigenvalue weighted by Crippen LogP contribution is -2.54. The number of thiazole rings is 1. The summed E-state index contributed by atoms with van der Waals surface area (Å²) in [5.74, 6) is -3.60. The van der Waals surface area contributed by atoms with Gasteiger partial charge in [0.05, 0.1) is 12.0 Å². The highest BCUT2D eigenvalue weighted by molar-refractivity contribution is 7.09. The van der Waals surface area contributed by atoms with E-state index in [9.17, 15) is 33.9 Å². The fraction of sp³-hybridized carbons (Fsp3) is 0.643. The van der Waals surface area contributed by atoms with Gasteiger partial charge in [-0.1, -0.05) is 53.2 Å². The highest BCUT2D eigenvalue weighted by Gasteiger charge is 2.35. The third-order valence-electron chi connectivity index (χ3n) is 10.4. The van der Waals surface area contributed by atoms with Crippen molar-refractivity contribution in [1.29, 1.82) is 0 Å². The maximum atomic E-state index is 14.1. The number of ether oxygens (including phenoxy) is 1. The molecule has 1 unspecified atom stereocenters. The molecule has 0 bridgehead atoms. The number of amides is 4. The van der Waals surface area contributed by atoms with Crippen LogP contribution in [-0.4, -0.2) is 114 Å². The molecule has 0 radical (unpaired) electrons. The summed E-state index contributed by atoms with van der Waals surface area (Å²) in [7, 11) is 7.36. The van der Waals surface area contributed by atoms with Crippen molar-refractivity contribution >= 4 is 52.6 Å². The Morgan fingerprint density at radius 2 is 1.59 bits per heavy atom. The number of hydrogen-bond donors (Lipinski definition) is 5. The number of anilines is 1. The summed E-state index contributed by atoms with van der Waals surface area (Å²) < 4.78 is 5.77. The fourth-order valence-corrected chi connectivity index (χ4v) is 7.27. The van der Waals surface area contributed by atoms with E-state index in [1.165, 1.54) is 6.92 Å². The van der Waals surface area contributed by atoms with Crippen LogP contribution in [0, 0.1) is 17.8 Å². The van der Waals surface area contributed by atoms with Crippen molar-refractivity contribution in [1.82, 2.24) is 30.7 Å². The maximum Gasteiger partial charge on any atom is 0.306 e. The van der Waals surface area contributed by atoms with Gasteiger partial charge in [-0.15, -0.1) is 11.3 Å². The number of aliphatic carboxylic acids is 1. The number of aromatic nitrogens is 1. The molecule has 0 aliphatic rings. The van der Waals surface area contributed by atoms with Gasteiger partial charge in [0.15, 0.2) is 6.10 Å². The third-order valence-corrected chi connectivity index (χ3v) is 11.3. The van der Waals surface area contributed by atoms with Crippen molar-refractivity contribution in [2.75, 3.05) is 40.1 Å². The molecule has 0 saturated heterocycles. The van der Waals surface area contributed by atoms with Gasteiger partial charge in [-0.3, -0.25) is 28.8 Å². The molecule has 2 rings (SSSR count). The number of likely N-dealkylation sites (N-methyl/N-ethyl adjacent to an activating group) is 2. The minimum Gasteiger partial charge on any atom is -0.481 e. The summed E-state index contributed by atoms with van der Waals surface area (Å²) in [4.78, 5) is 85.5. The highest BCUT2D eigenvalue weighted by Crippen LogP contribution is 2.31. The molecule has 7 atom stereocenters. The lowest BCUT2D eigenvalue weighted by atomic mass is 9.93.